The Morgan fingerprint density at radius 2 is 1.78 bits per heavy atom. The number of nitrogens with one attached hydrogen (secondary N) is 1. The molecule has 0 aliphatic carbocycles. The number of thiol groups is 1. The molecule has 2 aromatic carbocycles. The second kappa shape index (κ2) is 5.27. The fourth-order valence-corrected chi connectivity index (χ4v) is 1.96. The molecular weight excluding hydrogens is 242 g/mol. The first-order chi connectivity index (χ1) is 8.58. The van der Waals surface area contributed by atoms with E-state index in [-0.39, 0.29) is 5.91 Å². The van der Waals surface area contributed by atoms with Crippen LogP contribution in [0.1, 0.15) is 21.5 Å². The molecule has 0 saturated carbocycles. The molecule has 0 atom stereocenters. The number of hydrogen-bond acceptors (Lipinski definition) is 2. The second-order valence-corrected chi connectivity index (χ2v) is 4.78. The van der Waals surface area contributed by atoms with Crippen LogP contribution in [0.2, 0.25) is 0 Å². The Morgan fingerprint density at radius 3 is 2.50 bits per heavy atom. The van der Waals surface area contributed by atoms with E-state index in [9.17, 15) is 4.79 Å². The predicted molar refractivity (Wildman–Crippen MR) is 77.6 cm³/mol. The Kier molecular flexibility index (Phi) is 3.72. The maximum Gasteiger partial charge on any atom is 0.255 e. The number of carbonyl (C=O) groups is 1. The number of aryl methyl sites for hydroxylation is 2. The topological polar surface area (TPSA) is 29.1 Å². The van der Waals surface area contributed by atoms with Crippen molar-refractivity contribution in [1.29, 1.82) is 0 Å². The molecule has 0 saturated heterocycles. The van der Waals surface area contributed by atoms with Gasteiger partial charge in [-0.3, -0.25) is 4.79 Å². The highest BCUT2D eigenvalue weighted by molar-refractivity contribution is 7.80. The number of hydrogen-bond donors (Lipinski definition) is 2. The average Bonchev–Trinajstić information content (AvgIpc) is 2.35. The van der Waals surface area contributed by atoms with Crippen LogP contribution >= 0.6 is 12.6 Å². The third-order valence-electron chi connectivity index (χ3n) is 2.86. The number of amides is 1. The van der Waals surface area contributed by atoms with Gasteiger partial charge in [0.25, 0.3) is 5.91 Å². The summed E-state index contributed by atoms with van der Waals surface area (Å²) in [7, 11) is 0. The number of rotatable bonds is 2. The first-order valence-corrected chi connectivity index (χ1v) is 6.19. The van der Waals surface area contributed by atoms with E-state index in [0.29, 0.717) is 5.56 Å². The monoisotopic (exact) mass is 257 g/mol. The van der Waals surface area contributed by atoms with Crippen LogP contribution in [-0.4, -0.2) is 5.91 Å². The first kappa shape index (κ1) is 12.7. The molecule has 0 radical (unpaired) electrons. The first-order valence-electron chi connectivity index (χ1n) is 5.74. The average molecular weight is 257 g/mol. The summed E-state index contributed by atoms with van der Waals surface area (Å²) in [5.74, 6) is -0.0994. The second-order valence-electron chi connectivity index (χ2n) is 4.27. The van der Waals surface area contributed by atoms with Crippen molar-refractivity contribution in [1.82, 2.24) is 0 Å². The Bertz CT molecular complexity index is 593. The zero-order chi connectivity index (χ0) is 13.1. The van der Waals surface area contributed by atoms with Crippen LogP contribution < -0.4 is 5.32 Å². The minimum Gasteiger partial charge on any atom is -0.322 e. The van der Waals surface area contributed by atoms with Gasteiger partial charge in [0, 0.05) is 16.1 Å². The fourth-order valence-electron chi connectivity index (χ4n) is 1.76. The smallest absolute Gasteiger partial charge is 0.255 e. The normalized spacial score (nSPS) is 10.2. The molecule has 1 amide bonds. The van der Waals surface area contributed by atoms with Crippen LogP contribution in [0.3, 0.4) is 0 Å². The Labute approximate surface area is 112 Å². The fraction of sp³-hybridized carbons (Fsp3) is 0.133. The van der Waals surface area contributed by atoms with E-state index in [4.69, 9.17) is 0 Å². The van der Waals surface area contributed by atoms with E-state index >= 15 is 0 Å². The van der Waals surface area contributed by atoms with Crippen LogP contribution in [0, 0.1) is 13.8 Å². The van der Waals surface area contributed by atoms with Gasteiger partial charge in [-0.05, 0) is 43.2 Å². The van der Waals surface area contributed by atoms with Gasteiger partial charge in [-0.15, -0.1) is 12.6 Å². The molecule has 3 heteroatoms. The summed E-state index contributed by atoms with van der Waals surface area (Å²) in [4.78, 5) is 13.0. The third-order valence-corrected chi connectivity index (χ3v) is 3.14. The van der Waals surface area contributed by atoms with Crippen LogP contribution in [0.4, 0.5) is 5.69 Å². The molecule has 0 aromatic heterocycles. The van der Waals surface area contributed by atoms with Crippen molar-refractivity contribution in [2.75, 3.05) is 5.32 Å². The standard InChI is InChI=1S/C15H15NOS/c1-10-7-8-12(18)9-13(10)15(17)16-14-6-4-3-5-11(14)2/h3-9,18H,1-2H3,(H,16,17). The summed E-state index contributed by atoms with van der Waals surface area (Å²) >= 11 is 4.26. The summed E-state index contributed by atoms with van der Waals surface area (Å²) < 4.78 is 0. The molecule has 0 aliphatic heterocycles. The van der Waals surface area contributed by atoms with E-state index in [0.717, 1.165) is 21.7 Å². The lowest BCUT2D eigenvalue weighted by Gasteiger charge is -2.10. The van der Waals surface area contributed by atoms with Gasteiger partial charge in [0.15, 0.2) is 0 Å². The zero-order valence-electron chi connectivity index (χ0n) is 10.4. The van der Waals surface area contributed by atoms with E-state index in [1.54, 1.807) is 6.07 Å². The van der Waals surface area contributed by atoms with Gasteiger partial charge in [-0.1, -0.05) is 24.3 Å². The molecule has 0 bridgehead atoms. The van der Waals surface area contributed by atoms with E-state index in [2.05, 4.69) is 17.9 Å². The molecule has 18 heavy (non-hydrogen) atoms. The van der Waals surface area contributed by atoms with Gasteiger partial charge in [0.2, 0.25) is 0 Å². The Balaban J connectivity index is 2.28. The SMILES string of the molecule is Cc1ccccc1NC(=O)c1cc(S)ccc1C. The summed E-state index contributed by atoms with van der Waals surface area (Å²) in [6.07, 6.45) is 0. The number of carbonyl (C=O) groups excluding carboxylic acids is 1. The minimum absolute atomic E-state index is 0.0994. The molecule has 0 spiro atoms. The zero-order valence-corrected chi connectivity index (χ0v) is 11.3. The lowest BCUT2D eigenvalue weighted by Crippen LogP contribution is -2.14. The number of anilines is 1. The van der Waals surface area contributed by atoms with E-state index in [1.165, 1.54) is 0 Å². The molecule has 2 rings (SSSR count). The molecule has 0 fully saturated rings. The summed E-state index contributed by atoms with van der Waals surface area (Å²) in [5, 5.41) is 2.92. The van der Waals surface area contributed by atoms with Crippen molar-refractivity contribution < 1.29 is 4.79 Å². The van der Waals surface area contributed by atoms with Gasteiger partial charge < -0.3 is 5.32 Å². The Hall–Kier alpha value is -1.74. The summed E-state index contributed by atoms with van der Waals surface area (Å²) in [5.41, 5.74) is 3.49. The molecule has 0 heterocycles. The maximum atomic E-state index is 12.2. The van der Waals surface area contributed by atoms with Gasteiger partial charge in [0.1, 0.15) is 0 Å². The van der Waals surface area contributed by atoms with E-state index in [1.807, 2.05) is 50.2 Å². The van der Waals surface area contributed by atoms with Crippen LogP contribution in [-0.2, 0) is 0 Å². The van der Waals surface area contributed by atoms with Gasteiger partial charge in [-0.2, -0.15) is 0 Å². The molecule has 1 N–H and O–H groups in total. The van der Waals surface area contributed by atoms with Crippen molar-refractivity contribution in [2.24, 2.45) is 0 Å². The highest BCUT2D eigenvalue weighted by atomic mass is 32.1. The van der Waals surface area contributed by atoms with Crippen molar-refractivity contribution in [2.45, 2.75) is 18.7 Å². The van der Waals surface area contributed by atoms with Crippen LogP contribution in [0.5, 0.6) is 0 Å². The van der Waals surface area contributed by atoms with Crippen molar-refractivity contribution in [3.05, 3.63) is 59.2 Å². The molecule has 2 aromatic rings. The molecule has 0 aliphatic rings. The van der Waals surface area contributed by atoms with Gasteiger partial charge in [-0.25, -0.2) is 0 Å². The summed E-state index contributed by atoms with van der Waals surface area (Å²) in [6.45, 7) is 3.89. The minimum atomic E-state index is -0.0994. The highest BCUT2D eigenvalue weighted by Crippen LogP contribution is 2.18. The maximum absolute atomic E-state index is 12.2. The summed E-state index contributed by atoms with van der Waals surface area (Å²) in [6, 6.07) is 13.3. The van der Waals surface area contributed by atoms with Crippen molar-refractivity contribution >= 4 is 24.2 Å². The molecule has 0 unspecified atom stereocenters. The number of benzene rings is 2. The van der Waals surface area contributed by atoms with Crippen molar-refractivity contribution in [3.63, 3.8) is 0 Å². The number of para-hydroxylation sites is 1. The quantitative estimate of drug-likeness (QED) is 0.786. The van der Waals surface area contributed by atoms with E-state index < -0.39 is 0 Å². The molecular formula is C15H15NOS. The van der Waals surface area contributed by atoms with Gasteiger partial charge >= 0.3 is 0 Å². The largest absolute Gasteiger partial charge is 0.322 e. The lowest BCUT2D eigenvalue weighted by molar-refractivity contribution is 0.102. The third kappa shape index (κ3) is 2.74. The Morgan fingerprint density at radius 1 is 1.06 bits per heavy atom. The highest BCUT2D eigenvalue weighted by Gasteiger charge is 2.10. The lowest BCUT2D eigenvalue weighted by atomic mass is 10.1. The van der Waals surface area contributed by atoms with Crippen molar-refractivity contribution in [3.8, 4) is 0 Å². The molecule has 92 valence electrons. The predicted octanol–water partition coefficient (Wildman–Crippen LogP) is 3.84. The van der Waals surface area contributed by atoms with Crippen LogP contribution in [0.25, 0.3) is 0 Å². The molecule has 2 nitrogen and oxygen atoms in total. The van der Waals surface area contributed by atoms with Gasteiger partial charge in [0.05, 0.1) is 0 Å². The van der Waals surface area contributed by atoms with Crippen LogP contribution in [0.15, 0.2) is 47.4 Å².